The van der Waals surface area contributed by atoms with Crippen molar-refractivity contribution in [3.63, 3.8) is 0 Å². The molecule has 2 rings (SSSR count). The molecule has 0 bridgehead atoms. The number of hydrogen-bond acceptors (Lipinski definition) is 3. The minimum atomic E-state index is -0.783. The maximum absolute atomic E-state index is 12.2. The summed E-state index contributed by atoms with van der Waals surface area (Å²) in [6.45, 7) is 5.17. The molecule has 2 N–H and O–H groups in total. The van der Waals surface area contributed by atoms with Crippen LogP contribution in [0.15, 0.2) is 0 Å². The van der Waals surface area contributed by atoms with E-state index < -0.39 is 11.4 Å². The van der Waals surface area contributed by atoms with Crippen LogP contribution >= 0.6 is 11.8 Å². The third-order valence-corrected chi connectivity index (χ3v) is 5.83. The predicted octanol–water partition coefficient (Wildman–Crippen LogP) is 1.78. The molecule has 1 aliphatic carbocycles. The van der Waals surface area contributed by atoms with Gasteiger partial charge in [-0.25, -0.2) is 4.79 Å². The number of aliphatic carboxylic acids is 1. The minimum Gasteiger partial charge on any atom is -0.481 e. The minimum absolute atomic E-state index is 0.118. The summed E-state index contributed by atoms with van der Waals surface area (Å²) in [5, 5.41) is 12.5. The zero-order valence-corrected chi connectivity index (χ0v) is 12.3. The molecule has 0 aromatic heterocycles. The largest absolute Gasteiger partial charge is 0.481 e. The molecule has 0 aromatic rings. The van der Waals surface area contributed by atoms with Crippen molar-refractivity contribution < 1.29 is 14.7 Å². The van der Waals surface area contributed by atoms with Crippen LogP contribution in [0.4, 0.5) is 4.79 Å². The number of thioether (sulfide) groups is 1. The van der Waals surface area contributed by atoms with E-state index in [0.29, 0.717) is 18.1 Å². The van der Waals surface area contributed by atoms with Gasteiger partial charge < -0.3 is 15.3 Å². The number of carboxylic acids is 1. The van der Waals surface area contributed by atoms with Crippen molar-refractivity contribution in [2.75, 3.05) is 18.8 Å². The van der Waals surface area contributed by atoms with Gasteiger partial charge in [-0.3, -0.25) is 4.79 Å². The van der Waals surface area contributed by atoms with Crippen LogP contribution in [0.5, 0.6) is 0 Å². The lowest BCUT2D eigenvalue weighted by Crippen LogP contribution is -2.55. The van der Waals surface area contributed by atoms with Gasteiger partial charge in [-0.05, 0) is 19.8 Å². The zero-order valence-electron chi connectivity index (χ0n) is 11.5. The Morgan fingerprint density at radius 3 is 2.63 bits per heavy atom. The van der Waals surface area contributed by atoms with Crippen molar-refractivity contribution >= 4 is 23.8 Å². The number of carboxylic acid groups (broad SMARTS) is 1. The number of nitrogens with one attached hydrogen (secondary N) is 1. The summed E-state index contributed by atoms with van der Waals surface area (Å²) >= 11 is 1.88. The maximum Gasteiger partial charge on any atom is 0.317 e. The zero-order chi connectivity index (χ0) is 14.0. The van der Waals surface area contributed by atoms with Crippen molar-refractivity contribution in [2.45, 2.75) is 44.4 Å². The van der Waals surface area contributed by atoms with Crippen LogP contribution in [0.2, 0.25) is 0 Å². The Bertz CT molecular complexity index is 371. The number of rotatable bonds is 3. The van der Waals surface area contributed by atoms with Crippen LogP contribution in [0.3, 0.4) is 0 Å². The van der Waals surface area contributed by atoms with Crippen molar-refractivity contribution in [3.8, 4) is 0 Å². The van der Waals surface area contributed by atoms with E-state index >= 15 is 0 Å². The average molecular weight is 286 g/mol. The smallest absolute Gasteiger partial charge is 0.317 e. The van der Waals surface area contributed by atoms with Gasteiger partial charge in [0.25, 0.3) is 0 Å². The lowest BCUT2D eigenvalue weighted by molar-refractivity contribution is -0.153. The standard InChI is InChI=1S/C13H22N2O3S/c1-9-10(2)19-7-6-15(9)12(18)14-8-13(11(16)17)4-3-5-13/h9-10H,3-8H2,1-2H3,(H,14,18)(H,16,17). The average Bonchev–Trinajstić information content (AvgIpc) is 2.30. The van der Waals surface area contributed by atoms with Gasteiger partial charge in [0.1, 0.15) is 0 Å². The third kappa shape index (κ3) is 2.83. The highest BCUT2D eigenvalue weighted by atomic mass is 32.2. The van der Waals surface area contributed by atoms with Gasteiger partial charge in [0, 0.05) is 30.1 Å². The molecule has 1 aliphatic heterocycles. The molecule has 5 nitrogen and oxygen atoms in total. The molecule has 1 saturated carbocycles. The fourth-order valence-electron chi connectivity index (χ4n) is 2.64. The predicted molar refractivity (Wildman–Crippen MR) is 75.4 cm³/mol. The summed E-state index contributed by atoms with van der Waals surface area (Å²) in [7, 11) is 0. The maximum atomic E-state index is 12.2. The molecule has 19 heavy (non-hydrogen) atoms. The Morgan fingerprint density at radius 2 is 2.11 bits per heavy atom. The van der Waals surface area contributed by atoms with E-state index in [0.717, 1.165) is 18.7 Å². The van der Waals surface area contributed by atoms with E-state index in [1.807, 2.05) is 23.6 Å². The van der Waals surface area contributed by atoms with Gasteiger partial charge in [-0.15, -0.1) is 0 Å². The number of urea groups is 1. The number of carbonyl (C=O) groups is 2. The molecule has 6 heteroatoms. The van der Waals surface area contributed by atoms with Crippen LogP contribution < -0.4 is 5.32 Å². The van der Waals surface area contributed by atoms with Crippen molar-refractivity contribution in [1.29, 1.82) is 0 Å². The lowest BCUT2D eigenvalue weighted by Gasteiger charge is -2.40. The first-order chi connectivity index (χ1) is 8.96. The molecule has 2 unspecified atom stereocenters. The van der Waals surface area contributed by atoms with Crippen molar-refractivity contribution in [2.24, 2.45) is 5.41 Å². The highest BCUT2D eigenvalue weighted by molar-refractivity contribution is 8.00. The second kappa shape index (κ2) is 5.61. The molecule has 0 aromatic carbocycles. The van der Waals surface area contributed by atoms with Crippen LogP contribution in [0.25, 0.3) is 0 Å². The molecule has 0 radical (unpaired) electrons. The molecule has 2 aliphatic rings. The Hall–Kier alpha value is -0.910. The summed E-state index contributed by atoms with van der Waals surface area (Å²) in [6.07, 6.45) is 2.28. The van der Waals surface area contributed by atoms with Gasteiger partial charge in [0.2, 0.25) is 0 Å². The number of nitrogens with zero attached hydrogens (tertiary/aromatic N) is 1. The van der Waals surface area contributed by atoms with Gasteiger partial charge >= 0.3 is 12.0 Å². The number of hydrogen-bond donors (Lipinski definition) is 2. The number of amides is 2. The van der Waals surface area contributed by atoms with E-state index in [9.17, 15) is 14.7 Å². The molecule has 1 saturated heterocycles. The Labute approximate surface area is 118 Å². The number of carbonyl (C=O) groups excluding carboxylic acids is 1. The Kier molecular flexibility index (Phi) is 4.28. The van der Waals surface area contributed by atoms with Gasteiger partial charge in [-0.1, -0.05) is 13.3 Å². The van der Waals surface area contributed by atoms with Crippen molar-refractivity contribution in [3.05, 3.63) is 0 Å². The normalized spacial score (nSPS) is 29.5. The van der Waals surface area contributed by atoms with E-state index in [4.69, 9.17) is 0 Å². The molecule has 2 amide bonds. The summed E-state index contributed by atoms with van der Waals surface area (Å²) < 4.78 is 0. The molecular formula is C13H22N2O3S. The topological polar surface area (TPSA) is 69.6 Å². The van der Waals surface area contributed by atoms with E-state index in [2.05, 4.69) is 12.2 Å². The third-order valence-electron chi connectivity index (χ3n) is 4.49. The summed E-state index contributed by atoms with van der Waals surface area (Å²) in [6, 6.07) is 0.0769. The fraction of sp³-hybridized carbons (Fsp3) is 0.846. The SMILES string of the molecule is CC1SCCN(C(=O)NCC2(C(=O)O)CCC2)C1C. The quantitative estimate of drug-likeness (QED) is 0.829. The van der Waals surface area contributed by atoms with Crippen LogP contribution in [0, 0.1) is 5.41 Å². The summed E-state index contributed by atoms with van der Waals surface area (Å²) in [5.74, 6) is 0.165. The van der Waals surface area contributed by atoms with Gasteiger partial charge in [0.15, 0.2) is 0 Å². The van der Waals surface area contributed by atoms with Crippen molar-refractivity contribution in [1.82, 2.24) is 10.2 Å². The Morgan fingerprint density at radius 1 is 1.42 bits per heavy atom. The van der Waals surface area contributed by atoms with E-state index in [-0.39, 0.29) is 18.6 Å². The monoisotopic (exact) mass is 286 g/mol. The molecular weight excluding hydrogens is 264 g/mol. The first kappa shape index (κ1) is 14.5. The molecule has 1 heterocycles. The van der Waals surface area contributed by atoms with Gasteiger partial charge in [0.05, 0.1) is 5.41 Å². The van der Waals surface area contributed by atoms with Gasteiger partial charge in [-0.2, -0.15) is 11.8 Å². The molecule has 2 atom stereocenters. The molecule has 2 fully saturated rings. The van der Waals surface area contributed by atoms with Crippen LogP contribution in [0.1, 0.15) is 33.1 Å². The molecule has 0 spiro atoms. The summed E-state index contributed by atoms with van der Waals surface area (Å²) in [5.41, 5.74) is -0.713. The first-order valence-electron chi connectivity index (χ1n) is 6.86. The highest BCUT2D eigenvalue weighted by Crippen LogP contribution is 2.40. The lowest BCUT2D eigenvalue weighted by atomic mass is 9.69. The first-order valence-corrected chi connectivity index (χ1v) is 7.91. The van der Waals surface area contributed by atoms with Crippen LogP contribution in [-0.2, 0) is 4.79 Å². The van der Waals surface area contributed by atoms with E-state index in [1.54, 1.807) is 0 Å². The van der Waals surface area contributed by atoms with E-state index in [1.165, 1.54) is 0 Å². The summed E-state index contributed by atoms with van der Waals surface area (Å²) in [4.78, 5) is 25.2. The molecule has 108 valence electrons. The fourth-order valence-corrected chi connectivity index (χ4v) is 3.74. The highest BCUT2D eigenvalue weighted by Gasteiger charge is 2.45. The second-order valence-corrected chi connectivity index (χ2v) is 7.09. The Balaban J connectivity index is 1.89. The second-order valence-electron chi connectivity index (χ2n) is 5.61. The van der Waals surface area contributed by atoms with Crippen LogP contribution in [-0.4, -0.2) is 52.1 Å².